The van der Waals surface area contributed by atoms with Crippen molar-refractivity contribution >= 4 is 46.2 Å². The molecule has 24 heavy (non-hydrogen) atoms. The number of nitrogens with one attached hydrogen (secondary N) is 1. The second kappa shape index (κ2) is 6.59. The van der Waals surface area contributed by atoms with Gasteiger partial charge in [-0.05, 0) is 54.6 Å². The molecule has 1 fully saturated rings. The molecule has 5 nitrogen and oxygen atoms in total. The molecule has 2 aromatic rings. The highest BCUT2D eigenvalue weighted by molar-refractivity contribution is 8.18. The smallest absolute Gasteiger partial charge is 0.264 e. The Balaban J connectivity index is 1.89. The van der Waals surface area contributed by atoms with E-state index in [9.17, 15) is 15.0 Å². The summed E-state index contributed by atoms with van der Waals surface area (Å²) in [4.78, 5) is 16.9. The average Bonchev–Trinajstić information content (AvgIpc) is 2.86. The summed E-state index contributed by atoms with van der Waals surface area (Å²) in [7, 11) is 0. The first-order chi connectivity index (χ1) is 11.4. The third-order valence-corrected chi connectivity index (χ3v) is 4.73. The number of carbonyl (C=O) groups excluding carboxylic acids is 1. The molecule has 0 spiro atoms. The van der Waals surface area contributed by atoms with Crippen molar-refractivity contribution in [2.24, 2.45) is 4.99 Å². The van der Waals surface area contributed by atoms with Crippen LogP contribution in [0.3, 0.4) is 0 Å². The van der Waals surface area contributed by atoms with Crippen LogP contribution in [0, 0.1) is 6.92 Å². The lowest BCUT2D eigenvalue weighted by Gasteiger charge is -2.02. The lowest BCUT2D eigenvalue weighted by molar-refractivity contribution is -0.115. The average molecular weight is 361 g/mol. The van der Waals surface area contributed by atoms with E-state index in [1.807, 2.05) is 13.0 Å². The Bertz CT molecular complexity index is 893. The highest BCUT2D eigenvalue weighted by atomic mass is 35.5. The van der Waals surface area contributed by atoms with Gasteiger partial charge in [-0.1, -0.05) is 17.7 Å². The molecule has 0 atom stereocenters. The van der Waals surface area contributed by atoms with Crippen molar-refractivity contribution in [3.05, 3.63) is 57.5 Å². The predicted octanol–water partition coefficient (Wildman–Crippen LogP) is 3.95. The van der Waals surface area contributed by atoms with Gasteiger partial charge in [-0.2, -0.15) is 0 Å². The summed E-state index contributed by atoms with van der Waals surface area (Å²) < 4.78 is 0. The normalized spacial score (nSPS) is 17.5. The standard InChI is InChI=1S/C17H13ClN2O3S/c1-9-12(18)3-2-4-13(9)19-17-20-16(23)15(24-17)7-10-5-6-11(21)8-14(10)22/h2-8,21-22H,1H3,(H,19,20,23)/b15-7-. The summed E-state index contributed by atoms with van der Waals surface area (Å²) in [6, 6.07) is 9.57. The molecular formula is C17H13ClN2O3S. The lowest BCUT2D eigenvalue weighted by Crippen LogP contribution is -2.19. The number of halogens is 1. The van der Waals surface area contributed by atoms with Gasteiger partial charge in [0.15, 0.2) is 5.17 Å². The quantitative estimate of drug-likeness (QED) is 0.708. The van der Waals surface area contributed by atoms with Gasteiger partial charge in [0.2, 0.25) is 0 Å². The van der Waals surface area contributed by atoms with Crippen LogP contribution in [0.15, 0.2) is 46.3 Å². The predicted molar refractivity (Wildman–Crippen MR) is 96.8 cm³/mol. The van der Waals surface area contributed by atoms with Gasteiger partial charge in [0, 0.05) is 16.7 Å². The fourth-order valence-electron chi connectivity index (χ4n) is 2.10. The highest BCUT2D eigenvalue weighted by Gasteiger charge is 2.24. The zero-order valence-electron chi connectivity index (χ0n) is 12.6. The molecule has 1 amide bonds. The number of hydrogen-bond acceptors (Lipinski definition) is 5. The largest absolute Gasteiger partial charge is 0.508 e. The van der Waals surface area contributed by atoms with E-state index >= 15 is 0 Å². The number of thioether (sulfide) groups is 1. The zero-order valence-corrected chi connectivity index (χ0v) is 14.1. The number of rotatable bonds is 2. The monoisotopic (exact) mass is 360 g/mol. The van der Waals surface area contributed by atoms with Crippen molar-refractivity contribution in [1.82, 2.24) is 5.32 Å². The number of carbonyl (C=O) groups is 1. The molecule has 1 saturated heterocycles. The number of aromatic hydroxyl groups is 2. The molecule has 2 aromatic carbocycles. The van der Waals surface area contributed by atoms with Crippen LogP contribution in [0.4, 0.5) is 5.69 Å². The molecule has 122 valence electrons. The van der Waals surface area contributed by atoms with Crippen LogP contribution in [0.2, 0.25) is 5.02 Å². The number of benzene rings is 2. The van der Waals surface area contributed by atoms with Crippen molar-refractivity contribution < 1.29 is 15.0 Å². The van der Waals surface area contributed by atoms with E-state index in [0.717, 1.165) is 5.56 Å². The number of amides is 1. The summed E-state index contributed by atoms with van der Waals surface area (Å²) in [5, 5.41) is 22.9. The minimum Gasteiger partial charge on any atom is -0.508 e. The first-order valence-electron chi connectivity index (χ1n) is 7.01. The first-order valence-corrected chi connectivity index (χ1v) is 8.20. The molecule has 0 saturated carbocycles. The second-order valence-electron chi connectivity index (χ2n) is 5.11. The van der Waals surface area contributed by atoms with Crippen molar-refractivity contribution in [2.75, 3.05) is 0 Å². The van der Waals surface area contributed by atoms with E-state index in [0.29, 0.717) is 26.3 Å². The Morgan fingerprint density at radius 2 is 2.04 bits per heavy atom. The molecule has 1 heterocycles. The zero-order chi connectivity index (χ0) is 17.3. The summed E-state index contributed by atoms with van der Waals surface area (Å²) in [5.41, 5.74) is 1.94. The van der Waals surface area contributed by atoms with E-state index in [4.69, 9.17) is 11.6 Å². The van der Waals surface area contributed by atoms with E-state index in [1.54, 1.807) is 18.2 Å². The van der Waals surface area contributed by atoms with Crippen molar-refractivity contribution in [2.45, 2.75) is 6.92 Å². The Kier molecular flexibility index (Phi) is 4.51. The number of phenolic OH excluding ortho intramolecular Hbond substituents is 2. The molecule has 1 aliphatic rings. The molecule has 3 rings (SSSR count). The maximum Gasteiger partial charge on any atom is 0.264 e. The Morgan fingerprint density at radius 3 is 2.79 bits per heavy atom. The van der Waals surface area contributed by atoms with E-state index in [2.05, 4.69) is 10.3 Å². The van der Waals surface area contributed by atoms with Gasteiger partial charge in [-0.25, -0.2) is 4.99 Å². The first kappa shape index (κ1) is 16.4. The summed E-state index contributed by atoms with van der Waals surface area (Å²) in [6.07, 6.45) is 1.54. The van der Waals surface area contributed by atoms with Gasteiger partial charge >= 0.3 is 0 Å². The number of hydrogen-bond donors (Lipinski definition) is 3. The Morgan fingerprint density at radius 1 is 1.25 bits per heavy atom. The van der Waals surface area contributed by atoms with Crippen LogP contribution in [0.1, 0.15) is 11.1 Å². The van der Waals surface area contributed by atoms with E-state index < -0.39 is 0 Å². The summed E-state index contributed by atoms with van der Waals surface area (Å²) >= 11 is 7.24. The number of phenols is 2. The van der Waals surface area contributed by atoms with Crippen LogP contribution in [0.5, 0.6) is 11.5 Å². The maximum atomic E-state index is 12.1. The Labute approximate surface area is 147 Å². The van der Waals surface area contributed by atoms with Crippen LogP contribution >= 0.6 is 23.4 Å². The SMILES string of the molecule is Cc1c(Cl)cccc1N=C1NC(=O)/C(=C/c2ccc(O)cc2O)S1. The van der Waals surface area contributed by atoms with Crippen LogP contribution < -0.4 is 5.32 Å². The van der Waals surface area contributed by atoms with Crippen LogP contribution in [0.25, 0.3) is 6.08 Å². The highest BCUT2D eigenvalue weighted by Crippen LogP contribution is 2.33. The van der Waals surface area contributed by atoms with Crippen molar-refractivity contribution in [1.29, 1.82) is 0 Å². The molecule has 7 heteroatoms. The van der Waals surface area contributed by atoms with Crippen molar-refractivity contribution in [3.8, 4) is 11.5 Å². The minimum absolute atomic E-state index is 0.0446. The molecule has 0 bridgehead atoms. The second-order valence-corrected chi connectivity index (χ2v) is 6.55. The molecule has 1 aliphatic heterocycles. The molecule has 0 unspecified atom stereocenters. The molecule has 0 aliphatic carbocycles. The lowest BCUT2D eigenvalue weighted by atomic mass is 10.2. The fourth-order valence-corrected chi connectivity index (χ4v) is 3.10. The van der Waals surface area contributed by atoms with Crippen LogP contribution in [-0.2, 0) is 4.79 Å². The Hall–Kier alpha value is -2.44. The van der Waals surface area contributed by atoms with Crippen LogP contribution in [-0.4, -0.2) is 21.3 Å². The van der Waals surface area contributed by atoms with Gasteiger partial charge in [-0.15, -0.1) is 0 Å². The molecule has 3 N–H and O–H groups in total. The van der Waals surface area contributed by atoms with Gasteiger partial charge < -0.3 is 15.5 Å². The fraction of sp³-hybridized carbons (Fsp3) is 0.0588. The maximum absolute atomic E-state index is 12.1. The van der Waals surface area contributed by atoms with Gasteiger partial charge in [-0.3, -0.25) is 4.79 Å². The number of nitrogens with zero attached hydrogens (tertiary/aromatic N) is 1. The van der Waals surface area contributed by atoms with E-state index in [1.165, 1.54) is 30.0 Å². The molecular weight excluding hydrogens is 348 g/mol. The summed E-state index contributed by atoms with van der Waals surface area (Å²) in [6.45, 7) is 1.86. The molecule has 0 aromatic heterocycles. The van der Waals surface area contributed by atoms with Gasteiger partial charge in [0.05, 0.1) is 10.6 Å². The number of amidine groups is 1. The van der Waals surface area contributed by atoms with E-state index in [-0.39, 0.29) is 17.4 Å². The number of aliphatic imine (C=N–C) groups is 1. The third-order valence-electron chi connectivity index (χ3n) is 3.41. The molecule has 0 radical (unpaired) electrons. The minimum atomic E-state index is -0.300. The van der Waals surface area contributed by atoms with Gasteiger partial charge in [0.1, 0.15) is 11.5 Å². The van der Waals surface area contributed by atoms with Crippen molar-refractivity contribution in [3.63, 3.8) is 0 Å². The van der Waals surface area contributed by atoms with Gasteiger partial charge in [0.25, 0.3) is 5.91 Å². The topological polar surface area (TPSA) is 81.9 Å². The summed E-state index contributed by atoms with van der Waals surface area (Å²) in [5.74, 6) is -0.449. The third kappa shape index (κ3) is 3.39.